The molecule has 18 heavy (non-hydrogen) atoms. The molecule has 2 heteroatoms. The SMILES string of the molecule is COc1cccc(C(CCBr)c2ccccc2)c1. The van der Waals surface area contributed by atoms with Gasteiger partial charge in [-0.15, -0.1) is 0 Å². The van der Waals surface area contributed by atoms with Gasteiger partial charge in [0.2, 0.25) is 0 Å². The minimum Gasteiger partial charge on any atom is -0.497 e. The number of halogens is 1. The van der Waals surface area contributed by atoms with Gasteiger partial charge < -0.3 is 4.74 Å². The van der Waals surface area contributed by atoms with E-state index in [1.54, 1.807) is 7.11 Å². The second-order valence-electron chi connectivity index (χ2n) is 4.22. The third-order valence-electron chi connectivity index (χ3n) is 3.10. The maximum atomic E-state index is 5.31. The average molecular weight is 305 g/mol. The summed E-state index contributed by atoms with van der Waals surface area (Å²) in [6.07, 6.45) is 1.08. The van der Waals surface area contributed by atoms with Gasteiger partial charge in [0, 0.05) is 11.2 Å². The molecule has 0 bridgehead atoms. The van der Waals surface area contributed by atoms with E-state index in [-0.39, 0.29) is 0 Å². The highest BCUT2D eigenvalue weighted by Gasteiger charge is 2.13. The van der Waals surface area contributed by atoms with Crippen molar-refractivity contribution in [2.75, 3.05) is 12.4 Å². The summed E-state index contributed by atoms with van der Waals surface area (Å²) < 4.78 is 5.31. The highest BCUT2D eigenvalue weighted by atomic mass is 79.9. The normalized spacial score (nSPS) is 12.1. The number of rotatable bonds is 5. The van der Waals surface area contributed by atoms with E-state index >= 15 is 0 Å². The topological polar surface area (TPSA) is 9.23 Å². The van der Waals surface area contributed by atoms with Crippen LogP contribution >= 0.6 is 15.9 Å². The lowest BCUT2D eigenvalue weighted by molar-refractivity contribution is 0.414. The highest BCUT2D eigenvalue weighted by molar-refractivity contribution is 9.09. The molecule has 0 saturated carbocycles. The standard InChI is InChI=1S/C16H17BrO/c1-18-15-9-5-8-14(12-15)16(10-11-17)13-6-3-2-4-7-13/h2-9,12,16H,10-11H2,1H3. The van der Waals surface area contributed by atoms with Crippen LogP contribution in [-0.2, 0) is 0 Å². The van der Waals surface area contributed by atoms with Crippen molar-refractivity contribution in [1.82, 2.24) is 0 Å². The van der Waals surface area contributed by atoms with Crippen LogP contribution in [0.1, 0.15) is 23.5 Å². The lowest BCUT2D eigenvalue weighted by Gasteiger charge is -2.17. The lowest BCUT2D eigenvalue weighted by Crippen LogP contribution is -2.02. The molecule has 0 aliphatic rings. The van der Waals surface area contributed by atoms with Crippen molar-refractivity contribution in [2.45, 2.75) is 12.3 Å². The predicted molar refractivity (Wildman–Crippen MR) is 79.7 cm³/mol. The first-order chi connectivity index (χ1) is 8.85. The molecule has 0 N–H and O–H groups in total. The van der Waals surface area contributed by atoms with E-state index < -0.39 is 0 Å². The molecule has 2 rings (SSSR count). The van der Waals surface area contributed by atoms with E-state index in [1.165, 1.54) is 11.1 Å². The Morgan fingerprint density at radius 3 is 2.39 bits per heavy atom. The number of benzene rings is 2. The Kier molecular flexibility index (Phi) is 4.82. The Hall–Kier alpha value is -1.28. The summed E-state index contributed by atoms with van der Waals surface area (Å²) in [5.74, 6) is 1.34. The summed E-state index contributed by atoms with van der Waals surface area (Å²) in [5.41, 5.74) is 2.66. The van der Waals surface area contributed by atoms with E-state index in [0.717, 1.165) is 17.5 Å². The Morgan fingerprint density at radius 2 is 1.72 bits per heavy atom. The van der Waals surface area contributed by atoms with Gasteiger partial charge in [-0.2, -0.15) is 0 Å². The first kappa shape index (κ1) is 13.2. The fourth-order valence-corrected chi connectivity index (χ4v) is 2.64. The summed E-state index contributed by atoms with van der Waals surface area (Å²) in [7, 11) is 1.71. The Bertz CT molecular complexity index is 481. The minimum atomic E-state index is 0.417. The summed E-state index contributed by atoms with van der Waals surface area (Å²) in [4.78, 5) is 0. The number of hydrogen-bond donors (Lipinski definition) is 0. The molecular weight excluding hydrogens is 288 g/mol. The number of alkyl halides is 1. The van der Waals surface area contributed by atoms with Gasteiger partial charge in [-0.3, -0.25) is 0 Å². The molecule has 94 valence electrons. The summed E-state index contributed by atoms with van der Waals surface area (Å²) in [6, 6.07) is 19.0. The van der Waals surface area contributed by atoms with Crippen LogP contribution in [0.4, 0.5) is 0 Å². The molecule has 2 aromatic rings. The van der Waals surface area contributed by atoms with Gasteiger partial charge in [0.25, 0.3) is 0 Å². The molecular formula is C16H17BrO. The zero-order chi connectivity index (χ0) is 12.8. The van der Waals surface area contributed by atoms with E-state index in [0.29, 0.717) is 5.92 Å². The molecule has 0 fully saturated rings. The molecule has 0 radical (unpaired) electrons. The minimum absolute atomic E-state index is 0.417. The van der Waals surface area contributed by atoms with Crippen LogP contribution < -0.4 is 4.74 Å². The Balaban J connectivity index is 2.35. The summed E-state index contributed by atoms with van der Waals surface area (Å²) >= 11 is 3.55. The number of hydrogen-bond acceptors (Lipinski definition) is 1. The average Bonchev–Trinajstić information content (AvgIpc) is 2.46. The summed E-state index contributed by atoms with van der Waals surface area (Å²) in [5, 5.41) is 0.990. The van der Waals surface area contributed by atoms with Gasteiger partial charge >= 0.3 is 0 Å². The van der Waals surface area contributed by atoms with Crippen LogP contribution in [0.5, 0.6) is 5.75 Å². The highest BCUT2D eigenvalue weighted by Crippen LogP contribution is 2.30. The van der Waals surface area contributed by atoms with Crippen LogP contribution in [0, 0.1) is 0 Å². The first-order valence-corrected chi connectivity index (χ1v) is 7.22. The number of methoxy groups -OCH3 is 1. The first-order valence-electron chi connectivity index (χ1n) is 6.10. The third kappa shape index (κ3) is 3.14. The van der Waals surface area contributed by atoms with E-state index in [1.807, 2.05) is 6.07 Å². The van der Waals surface area contributed by atoms with Gasteiger partial charge in [-0.25, -0.2) is 0 Å². The fourth-order valence-electron chi connectivity index (χ4n) is 2.18. The van der Waals surface area contributed by atoms with Crippen molar-refractivity contribution in [3.05, 3.63) is 65.7 Å². The molecule has 1 unspecified atom stereocenters. The largest absolute Gasteiger partial charge is 0.497 e. The van der Waals surface area contributed by atoms with Crippen LogP contribution in [0.25, 0.3) is 0 Å². The van der Waals surface area contributed by atoms with Crippen LogP contribution in [0.3, 0.4) is 0 Å². The van der Waals surface area contributed by atoms with E-state index in [9.17, 15) is 0 Å². The Morgan fingerprint density at radius 1 is 1.00 bits per heavy atom. The molecule has 1 atom stereocenters. The third-order valence-corrected chi connectivity index (χ3v) is 3.55. The molecule has 0 saturated heterocycles. The van der Waals surface area contributed by atoms with Crippen molar-refractivity contribution in [3.8, 4) is 5.75 Å². The predicted octanol–water partition coefficient (Wildman–Crippen LogP) is 4.61. The maximum Gasteiger partial charge on any atom is 0.119 e. The van der Waals surface area contributed by atoms with E-state index in [4.69, 9.17) is 4.74 Å². The molecule has 1 nitrogen and oxygen atoms in total. The van der Waals surface area contributed by atoms with Crippen LogP contribution in [0.2, 0.25) is 0 Å². The molecule has 0 amide bonds. The molecule has 0 heterocycles. The van der Waals surface area contributed by atoms with Gasteiger partial charge in [-0.1, -0.05) is 58.4 Å². The molecule has 0 aliphatic heterocycles. The number of ether oxygens (including phenoxy) is 1. The lowest BCUT2D eigenvalue weighted by atomic mass is 9.89. The van der Waals surface area contributed by atoms with Crippen molar-refractivity contribution in [3.63, 3.8) is 0 Å². The second-order valence-corrected chi connectivity index (χ2v) is 5.01. The monoisotopic (exact) mass is 304 g/mol. The van der Waals surface area contributed by atoms with Gasteiger partial charge in [-0.05, 0) is 29.7 Å². The second kappa shape index (κ2) is 6.60. The molecule has 0 spiro atoms. The Labute approximate surface area is 117 Å². The molecule has 2 aromatic carbocycles. The maximum absolute atomic E-state index is 5.31. The molecule has 0 aliphatic carbocycles. The van der Waals surface area contributed by atoms with Gasteiger partial charge in [0.1, 0.15) is 5.75 Å². The van der Waals surface area contributed by atoms with Crippen molar-refractivity contribution < 1.29 is 4.74 Å². The van der Waals surface area contributed by atoms with Crippen molar-refractivity contribution >= 4 is 15.9 Å². The van der Waals surface area contributed by atoms with Gasteiger partial charge in [0.05, 0.1) is 7.11 Å². The van der Waals surface area contributed by atoms with Crippen molar-refractivity contribution in [1.29, 1.82) is 0 Å². The van der Waals surface area contributed by atoms with Gasteiger partial charge in [0.15, 0.2) is 0 Å². The summed E-state index contributed by atoms with van der Waals surface area (Å²) in [6.45, 7) is 0. The zero-order valence-corrected chi connectivity index (χ0v) is 12.1. The molecule has 0 aromatic heterocycles. The van der Waals surface area contributed by atoms with Crippen molar-refractivity contribution in [2.24, 2.45) is 0 Å². The fraction of sp³-hybridized carbons (Fsp3) is 0.250. The van der Waals surface area contributed by atoms with E-state index in [2.05, 4.69) is 64.5 Å². The smallest absolute Gasteiger partial charge is 0.119 e. The zero-order valence-electron chi connectivity index (χ0n) is 10.5. The quantitative estimate of drug-likeness (QED) is 0.733. The van der Waals surface area contributed by atoms with Crippen LogP contribution in [0.15, 0.2) is 54.6 Å². The van der Waals surface area contributed by atoms with Crippen LogP contribution in [-0.4, -0.2) is 12.4 Å².